The molecule has 204 valence electrons. The molecule has 8 nitrogen and oxygen atoms in total. The van der Waals surface area contributed by atoms with Gasteiger partial charge >= 0.3 is 0 Å². The number of carbonyl (C=O) groups is 1. The largest absolute Gasteiger partial charge is 0.393 e. The summed E-state index contributed by atoms with van der Waals surface area (Å²) in [5, 5.41) is 12.3. The van der Waals surface area contributed by atoms with Crippen LogP contribution in [0.25, 0.3) is 0 Å². The number of nitrogens with one attached hydrogen (secondary N) is 1. The Morgan fingerprint density at radius 2 is 1.82 bits per heavy atom. The molecule has 2 aromatic carbocycles. The van der Waals surface area contributed by atoms with Crippen LogP contribution in [-0.2, 0) is 9.84 Å². The predicted molar refractivity (Wildman–Crippen MR) is 143 cm³/mol. The summed E-state index contributed by atoms with van der Waals surface area (Å²) in [5.74, 6) is -2.26. The minimum absolute atomic E-state index is 0.0560. The average molecular weight is 547 g/mol. The smallest absolute Gasteiger partial charge is 0.254 e. The van der Waals surface area contributed by atoms with Crippen molar-refractivity contribution in [2.24, 2.45) is 21.6 Å². The van der Waals surface area contributed by atoms with E-state index < -0.39 is 33.4 Å². The van der Waals surface area contributed by atoms with Gasteiger partial charge in [-0.2, -0.15) is 0 Å². The molecule has 0 unspecified atom stereocenters. The number of allylic oxidation sites excluding steroid dienone is 1. The average Bonchev–Trinajstić information content (AvgIpc) is 2.86. The van der Waals surface area contributed by atoms with Gasteiger partial charge < -0.3 is 16.2 Å². The maximum absolute atomic E-state index is 15.1. The number of rotatable bonds is 8. The van der Waals surface area contributed by atoms with Crippen molar-refractivity contribution in [3.05, 3.63) is 77.0 Å². The van der Waals surface area contributed by atoms with Crippen LogP contribution < -0.4 is 11.1 Å². The van der Waals surface area contributed by atoms with Gasteiger partial charge in [-0.05, 0) is 68.5 Å². The molecule has 0 bridgehead atoms. The molecule has 1 fully saturated rings. The number of benzene rings is 2. The second-order valence-electron chi connectivity index (χ2n) is 9.45. The van der Waals surface area contributed by atoms with E-state index in [0.29, 0.717) is 24.1 Å². The number of halogens is 2. The highest BCUT2D eigenvalue weighted by Crippen LogP contribution is 2.30. The van der Waals surface area contributed by atoms with Gasteiger partial charge in [0.2, 0.25) is 0 Å². The quantitative estimate of drug-likeness (QED) is 0.343. The van der Waals surface area contributed by atoms with Gasteiger partial charge in [0.05, 0.1) is 22.6 Å². The zero-order valence-electron chi connectivity index (χ0n) is 21.5. The van der Waals surface area contributed by atoms with E-state index in [0.717, 1.165) is 37.3 Å². The third-order valence-electron chi connectivity index (χ3n) is 6.56. The van der Waals surface area contributed by atoms with Gasteiger partial charge in [-0.3, -0.25) is 9.79 Å². The fourth-order valence-corrected chi connectivity index (χ4v) is 4.95. The molecular formula is C27H32F2N4O4S. The van der Waals surface area contributed by atoms with Crippen molar-refractivity contribution in [2.75, 3.05) is 13.3 Å². The normalized spacial score (nSPS) is 19.6. The minimum Gasteiger partial charge on any atom is -0.393 e. The zero-order chi connectivity index (χ0) is 28.2. The Morgan fingerprint density at radius 1 is 1.16 bits per heavy atom. The van der Waals surface area contributed by atoms with Crippen LogP contribution in [0.2, 0.25) is 0 Å². The molecule has 1 atom stereocenters. The Morgan fingerprint density at radius 3 is 2.39 bits per heavy atom. The molecule has 3 rings (SSSR count). The lowest BCUT2D eigenvalue weighted by Gasteiger charge is -2.25. The van der Waals surface area contributed by atoms with E-state index in [-0.39, 0.29) is 39.6 Å². The molecule has 1 amide bonds. The number of aliphatic hydroxyl groups is 1. The maximum atomic E-state index is 15.1. The lowest BCUT2D eigenvalue weighted by Crippen LogP contribution is -2.29. The summed E-state index contributed by atoms with van der Waals surface area (Å²) >= 11 is 0. The lowest BCUT2D eigenvalue weighted by atomic mass is 9.86. The highest BCUT2D eigenvalue weighted by molar-refractivity contribution is 7.90. The molecule has 1 aliphatic carbocycles. The Kier molecular flexibility index (Phi) is 9.16. The first-order chi connectivity index (χ1) is 17.8. The first-order valence-electron chi connectivity index (χ1n) is 12.1. The van der Waals surface area contributed by atoms with Gasteiger partial charge in [0, 0.05) is 30.5 Å². The van der Waals surface area contributed by atoms with Crippen LogP contribution in [0.4, 0.5) is 8.78 Å². The van der Waals surface area contributed by atoms with Gasteiger partial charge in [-0.25, -0.2) is 22.2 Å². The number of nitrogens with two attached hydrogens (primary N) is 1. The van der Waals surface area contributed by atoms with Crippen molar-refractivity contribution >= 4 is 27.3 Å². The molecule has 0 aromatic heterocycles. The Balaban J connectivity index is 1.84. The summed E-state index contributed by atoms with van der Waals surface area (Å²) in [4.78, 5) is 21.1. The number of nitrogens with zero attached hydrogens (tertiary/aromatic N) is 2. The first-order valence-corrected chi connectivity index (χ1v) is 14.0. The molecule has 38 heavy (non-hydrogen) atoms. The summed E-state index contributed by atoms with van der Waals surface area (Å²) in [6, 6.07) is 6.34. The van der Waals surface area contributed by atoms with Crippen LogP contribution in [0.5, 0.6) is 0 Å². The van der Waals surface area contributed by atoms with E-state index in [9.17, 15) is 22.7 Å². The second kappa shape index (κ2) is 12.0. The van der Waals surface area contributed by atoms with Crippen LogP contribution in [0, 0.1) is 17.6 Å². The molecule has 0 spiro atoms. The summed E-state index contributed by atoms with van der Waals surface area (Å²) in [6.07, 6.45) is 3.37. The number of carbonyl (C=O) groups excluding carboxylic acids is 1. The summed E-state index contributed by atoms with van der Waals surface area (Å²) in [7, 11) is -2.19. The summed E-state index contributed by atoms with van der Waals surface area (Å²) < 4.78 is 52.8. The van der Waals surface area contributed by atoms with Crippen LogP contribution in [0.15, 0.2) is 63.6 Å². The van der Waals surface area contributed by atoms with Crippen molar-refractivity contribution in [1.82, 2.24) is 5.32 Å². The van der Waals surface area contributed by atoms with Gasteiger partial charge in [0.25, 0.3) is 5.91 Å². The molecule has 0 saturated heterocycles. The van der Waals surface area contributed by atoms with E-state index in [1.165, 1.54) is 32.2 Å². The third-order valence-corrected chi connectivity index (χ3v) is 7.66. The highest BCUT2D eigenvalue weighted by Gasteiger charge is 2.23. The monoisotopic (exact) mass is 546 g/mol. The van der Waals surface area contributed by atoms with Crippen molar-refractivity contribution in [2.45, 2.75) is 49.6 Å². The number of amides is 1. The van der Waals surface area contributed by atoms with Crippen molar-refractivity contribution in [3.8, 4) is 0 Å². The molecule has 1 saturated carbocycles. The Bertz CT molecular complexity index is 1400. The third kappa shape index (κ3) is 7.11. The van der Waals surface area contributed by atoms with Gasteiger partial charge in [0.1, 0.15) is 23.2 Å². The van der Waals surface area contributed by atoms with Crippen molar-refractivity contribution < 1.29 is 27.1 Å². The molecule has 4 N–H and O–H groups in total. The topological polar surface area (TPSA) is 134 Å². The van der Waals surface area contributed by atoms with E-state index in [1.54, 1.807) is 0 Å². The fraction of sp³-hybridized carbons (Fsp3) is 0.370. The lowest BCUT2D eigenvalue weighted by molar-refractivity contribution is 0.0935. The van der Waals surface area contributed by atoms with Gasteiger partial charge in [-0.1, -0.05) is 12.6 Å². The summed E-state index contributed by atoms with van der Waals surface area (Å²) in [6.45, 7) is 5.57. The minimum atomic E-state index is -3.67. The van der Waals surface area contributed by atoms with Gasteiger partial charge in [0.15, 0.2) is 9.84 Å². The van der Waals surface area contributed by atoms with Crippen LogP contribution >= 0.6 is 0 Å². The fourth-order valence-electron chi connectivity index (χ4n) is 4.27. The highest BCUT2D eigenvalue weighted by atomic mass is 32.2. The van der Waals surface area contributed by atoms with E-state index in [2.05, 4.69) is 21.9 Å². The second-order valence-corrected chi connectivity index (χ2v) is 11.5. The Labute approximate surface area is 221 Å². The van der Waals surface area contributed by atoms with Crippen molar-refractivity contribution in [1.29, 1.82) is 0 Å². The zero-order valence-corrected chi connectivity index (χ0v) is 22.4. The SMILES string of the molecule is C=C(/N=C(\C(N)=N/C)c1ccc(C(=O)N[C@H](C)c2cc(F)cc(S(C)(=O)=O)c2)c(F)c1)[C@H]1CC[C@@H](O)CC1. The van der Waals surface area contributed by atoms with Gasteiger partial charge in [-0.15, -0.1) is 0 Å². The first kappa shape index (κ1) is 29.1. The summed E-state index contributed by atoms with van der Waals surface area (Å²) in [5.41, 5.74) is 7.06. The number of aliphatic hydroxyl groups excluding tert-OH is 1. The number of aliphatic imine (C=N–C) groups is 2. The molecule has 0 aliphatic heterocycles. The number of amidine groups is 1. The molecule has 0 heterocycles. The van der Waals surface area contributed by atoms with Crippen LogP contribution in [0.1, 0.15) is 60.1 Å². The van der Waals surface area contributed by atoms with Crippen molar-refractivity contribution in [3.63, 3.8) is 0 Å². The molecular weight excluding hydrogens is 514 g/mol. The molecule has 0 radical (unpaired) electrons. The number of hydrogen-bond acceptors (Lipinski definition) is 6. The maximum Gasteiger partial charge on any atom is 0.254 e. The van der Waals surface area contributed by atoms with E-state index >= 15 is 4.39 Å². The predicted octanol–water partition coefficient (Wildman–Crippen LogP) is 3.70. The van der Waals surface area contributed by atoms with E-state index in [4.69, 9.17) is 5.73 Å². The van der Waals surface area contributed by atoms with E-state index in [1.807, 2.05) is 0 Å². The van der Waals surface area contributed by atoms with Crippen LogP contribution in [-0.4, -0.2) is 50.4 Å². The molecule has 1 aliphatic rings. The Hall–Kier alpha value is -3.44. The van der Waals surface area contributed by atoms with Crippen LogP contribution in [0.3, 0.4) is 0 Å². The number of sulfone groups is 1. The molecule has 2 aromatic rings. The standard InChI is InChI=1S/C27H32F2N4O4S/c1-15(17-5-8-21(34)9-6-17)32-25(26(30)31-3)18-7-10-23(24(29)13-18)27(35)33-16(2)19-11-20(28)14-22(12-19)38(4,36)37/h7,10-14,16-17,21,34H,1,5-6,8-9H2,2-4H3,(H2,30,31)(H,33,35)/b32-25-/t16-,17-,21+/m1/s1. The molecule has 11 heteroatoms. The number of hydrogen-bond donors (Lipinski definition) is 3.